The summed E-state index contributed by atoms with van der Waals surface area (Å²) in [5.74, 6) is 0.259. The third kappa shape index (κ3) is 3.54. The quantitative estimate of drug-likeness (QED) is 0.473. The van der Waals surface area contributed by atoms with Crippen molar-refractivity contribution in [1.29, 1.82) is 0 Å². The van der Waals surface area contributed by atoms with Gasteiger partial charge in [0.05, 0.1) is 10.6 Å². The average molecular weight is 337 g/mol. The number of aromatic nitrogens is 1. The van der Waals surface area contributed by atoms with E-state index in [0.29, 0.717) is 5.33 Å². The van der Waals surface area contributed by atoms with Gasteiger partial charge in [0.2, 0.25) is 0 Å². The average Bonchev–Trinajstić information content (AvgIpc) is 2.44. The van der Waals surface area contributed by atoms with Gasteiger partial charge in [-0.3, -0.25) is 15.1 Å². The van der Waals surface area contributed by atoms with Crippen molar-refractivity contribution >= 4 is 21.6 Å². The number of hydrogen-bond donors (Lipinski definition) is 0. The van der Waals surface area contributed by atoms with Crippen LogP contribution in [0.2, 0.25) is 0 Å². The van der Waals surface area contributed by atoms with Crippen molar-refractivity contribution < 1.29 is 9.66 Å². The molecule has 5 nitrogen and oxygen atoms in total. The predicted octanol–water partition coefficient (Wildman–Crippen LogP) is 3.77. The third-order valence-electron chi connectivity index (χ3n) is 2.70. The Labute approximate surface area is 124 Å². The lowest BCUT2D eigenvalue weighted by Gasteiger charge is -2.08. The fraction of sp³-hybridized carbons (Fsp3) is 0.214. The summed E-state index contributed by atoms with van der Waals surface area (Å²) in [7, 11) is 0. The number of benzene rings is 1. The van der Waals surface area contributed by atoms with Crippen molar-refractivity contribution in [2.75, 3.05) is 0 Å². The van der Waals surface area contributed by atoms with Crippen LogP contribution in [0, 0.1) is 17.0 Å². The maximum Gasteiger partial charge on any atom is 0.310 e. The third-order valence-corrected chi connectivity index (χ3v) is 3.34. The number of nitro groups is 1. The van der Waals surface area contributed by atoms with Gasteiger partial charge in [-0.2, -0.15) is 0 Å². The van der Waals surface area contributed by atoms with Crippen molar-refractivity contribution in [3.8, 4) is 5.75 Å². The molecule has 1 aromatic heterocycles. The van der Waals surface area contributed by atoms with Crippen molar-refractivity contribution in [1.82, 2.24) is 4.98 Å². The molecule has 2 aromatic rings. The van der Waals surface area contributed by atoms with E-state index in [2.05, 4.69) is 20.9 Å². The topological polar surface area (TPSA) is 65.3 Å². The van der Waals surface area contributed by atoms with Gasteiger partial charge in [-0.1, -0.05) is 28.1 Å². The molecular weight excluding hydrogens is 324 g/mol. The molecule has 1 aromatic carbocycles. The highest BCUT2D eigenvalue weighted by molar-refractivity contribution is 9.08. The molecule has 0 saturated carbocycles. The summed E-state index contributed by atoms with van der Waals surface area (Å²) >= 11 is 3.32. The zero-order valence-corrected chi connectivity index (χ0v) is 12.5. The minimum absolute atomic E-state index is 0.0395. The first-order valence-electron chi connectivity index (χ1n) is 5.99. The van der Waals surface area contributed by atoms with E-state index in [0.717, 1.165) is 17.0 Å². The molecule has 1 heterocycles. The van der Waals surface area contributed by atoms with E-state index in [-0.39, 0.29) is 18.0 Å². The number of nitro benzene ring substituents is 1. The highest BCUT2D eigenvalue weighted by atomic mass is 79.9. The molecule has 0 aliphatic carbocycles. The van der Waals surface area contributed by atoms with Gasteiger partial charge >= 0.3 is 5.69 Å². The zero-order chi connectivity index (χ0) is 14.5. The van der Waals surface area contributed by atoms with E-state index in [9.17, 15) is 10.1 Å². The number of hydrogen-bond acceptors (Lipinski definition) is 4. The Balaban J connectivity index is 2.21. The van der Waals surface area contributed by atoms with Crippen LogP contribution < -0.4 is 4.74 Å². The van der Waals surface area contributed by atoms with Crippen LogP contribution in [-0.4, -0.2) is 9.91 Å². The molecule has 0 atom stereocenters. The minimum atomic E-state index is -0.447. The summed E-state index contributed by atoms with van der Waals surface area (Å²) in [5, 5.41) is 11.6. The van der Waals surface area contributed by atoms with Gasteiger partial charge in [-0.05, 0) is 30.7 Å². The highest BCUT2D eigenvalue weighted by Gasteiger charge is 2.15. The maximum atomic E-state index is 11.0. The maximum absolute atomic E-state index is 11.0. The van der Waals surface area contributed by atoms with Crippen LogP contribution in [0.25, 0.3) is 0 Å². The number of rotatable bonds is 5. The molecule has 0 bridgehead atoms. The van der Waals surface area contributed by atoms with Gasteiger partial charge in [0.15, 0.2) is 5.75 Å². The summed E-state index contributed by atoms with van der Waals surface area (Å²) in [6, 6.07) is 10.4. The number of alkyl halides is 1. The molecule has 0 radical (unpaired) electrons. The van der Waals surface area contributed by atoms with Crippen LogP contribution >= 0.6 is 15.9 Å². The zero-order valence-electron chi connectivity index (χ0n) is 10.9. The van der Waals surface area contributed by atoms with E-state index >= 15 is 0 Å². The predicted molar refractivity (Wildman–Crippen MR) is 79.0 cm³/mol. The van der Waals surface area contributed by atoms with E-state index in [4.69, 9.17) is 4.74 Å². The molecule has 2 rings (SSSR count). The van der Waals surface area contributed by atoms with Crippen LogP contribution in [0.4, 0.5) is 5.69 Å². The Morgan fingerprint density at radius 2 is 2.15 bits per heavy atom. The normalized spacial score (nSPS) is 10.3. The summed E-state index contributed by atoms with van der Waals surface area (Å²) in [6.07, 6.45) is 0. The van der Waals surface area contributed by atoms with E-state index in [1.807, 2.05) is 25.1 Å². The Hall–Kier alpha value is -1.95. The lowest BCUT2D eigenvalue weighted by molar-refractivity contribution is -0.386. The second-order valence-electron chi connectivity index (χ2n) is 4.25. The van der Waals surface area contributed by atoms with Gasteiger partial charge in [0, 0.05) is 17.1 Å². The Morgan fingerprint density at radius 3 is 2.80 bits per heavy atom. The molecule has 0 amide bonds. The molecule has 0 saturated heterocycles. The number of halogens is 1. The molecule has 0 aliphatic rings. The smallest absolute Gasteiger partial charge is 0.310 e. The Kier molecular flexibility index (Phi) is 4.68. The van der Waals surface area contributed by atoms with Crippen LogP contribution in [0.5, 0.6) is 5.75 Å². The Morgan fingerprint density at radius 1 is 1.35 bits per heavy atom. The molecule has 6 heteroatoms. The van der Waals surface area contributed by atoms with Crippen molar-refractivity contribution in [2.24, 2.45) is 0 Å². The summed E-state index contributed by atoms with van der Waals surface area (Å²) in [4.78, 5) is 14.8. The summed E-state index contributed by atoms with van der Waals surface area (Å²) in [5.41, 5.74) is 2.50. The molecule has 0 spiro atoms. The SMILES string of the molecule is Cc1cccc(COc2cc(CBr)ccc2[N+](=O)[O-])n1. The molecule has 0 fully saturated rings. The summed E-state index contributed by atoms with van der Waals surface area (Å²) in [6.45, 7) is 2.09. The molecule has 0 aliphatic heterocycles. The number of nitrogens with zero attached hydrogens (tertiary/aromatic N) is 2. The monoisotopic (exact) mass is 336 g/mol. The highest BCUT2D eigenvalue weighted by Crippen LogP contribution is 2.29. The lowest BCUT2D eigenvalue weighted by Crippen LogP contribution is -2.02. The fourth-order valence-corrected chi connectivity index (χ4v) is 2.09. The van der Waals surface area contributed by atoms with Gasteiger partial charge in [0.25, 0.3) is 0 Å². The second-order valence-corrected chi connectivity index (χ2v) is 4.81. The first-order valence-corrected chi connectivity index (χ1v) is 7.11. The fourth-order valence-electron chi connectivity index (χ4n) is 1.74. The first kappa shape index (κ1) is 14.5. The largest absolute Gasteiger partial charge is 0.480 e. The standard InChI is InChI=1S/C14H13BrN2O3/c1-10-3-2-4-12(16-10)9-20-14-7-11(8-15)5-6-13(14)17(18)19/h2-7H,8-9H2,1H3. The van der Waals surface area contributed by atoms with E-state index < -0.39 is 4.92 Å². The first-order chi connectivity index (χ1) is 9.60. The number of aryl methyl sites for hydroxylation is 1. The molecular formula is C14H13BrN2O3. The second kappa shape index (κ2) is 6.47. The van der Waals surface area contributed by atoms with Crippen molar-refractivity contribution in [2.45, 2.75) is 18.9 Å². The molecule has 0 N–H and O–H groups in total. The van der Waals surface area contributed by atoms with Gasteiger partial charge in [-0.15, -0.1) is 0 Å². The minimum Gasteiger partial charge on any atom is -0.480 e. The molecule has 104 valence electrons. The van der Waals surface area contributed by atoms with Crippen molar-refractivity contribution in [3.05, 3.63) is 63.5 Å². The van der Waals surface area contributed by atoms with E-state index in [1.165, 1.54) is 6.07 Å². The lowest BCUT2D eigenvalue weighted by atomic mass is 10.2. The Bertz CT molecular complexity index is 632. The van der Waals surface area contributed by atoms with Crippen molar-refractivity contribution in [3.63, 3.8) is 0 Å². The van der Waals surface area contributed by atoms with Gasteiger partial charge < -0.3 is 4.74 Å². The van der Waals surface area contributed by atoms with E-state index in [1.54, 1.807) is 12.1 Å². The summed E-state index contributed by atoms with van der Waals surface area (Å²) < 4.78 is 5.56. The van der Waals surface area contributed by atoms with Gasteiger partial charge in [0.1, 0.15) is 6.61 Å². The molecule has 20 heavy (non-hydrogen) atoms. The van der Waals surface area contributed by atoms with Crippen LogP contribution in [0.1, 0.15) is 17.0 Å². The van der Waals surface area contributed by atoms with Crippen LogP contribution in [0.15, 0.2) is 36.4 Å². The number of pyridine rings is 1. The van der Waals surface area contributed by atoms with Crippen LogP contribution in [-0.2, 0) is 11.9 Å². The number of ether oxygens (including phenoxy) is 1. The molecule has 0 unspecified atom stereocenters. The van der Waals surface area contributed by atoms with Gasteiger partial charge in [-0.25, -0.2) is 0 Å². The van der Waals surface area contributed by atoms with Crippen LogP contribution in [0.3, 0.4) is 0 Å².